The van der Waals surface area contributed by atoms with Crippen LogP contribution in [0.2, 0.25) is 0 Å². The first-order valence-electron chi connectivity index (χ1n) is 0. The van der Waals surface area contributed by atoms with E-state index in [1.165, 1.54) is 0 Å². The summed E-state index contributed by atoms with van der Waals surface area (Å²) in [5.41, 5.74) is 0. The van der Waals surface area contributed by atoms with E-state index in [0.29, 0.717) is 0 Å². The minimum Gasteiger partial charge on any atom is -1.00 e. The molecule has 0 rings (SSSR count). The molecule has 0 aliphatic rings. The van der Waals surface area contributed by atoms with Crippen molar-refractivity contribution in [3.05, 3.63) is 0 Å². The normalized spacial score (nSPS) is 0. The predicted octanol–water partition coefficient (Wildman–Crippen LogP) is -9.06. The fourth-order valence-corrected chi connectivity index (χ4v) is 0. The van der Waals surface area contributed by atoms with Gasteiger partial charge in [-0.3, -0.25) is 9.41 Å². The van der Waals surface area contributed by atoms with Crippen molar-refractivity contribution in [3.8, 4) is 0 Å². The molecule has 0 aliphatic carbocycles. The van der Waals surface area contributed by atoms with Crippen molar-refractivity contribution in [2.45, 2.75) is 0 Å². The molecule has 0 aromatic rings. The maximum atomic E-state index is 0. The van der Waals surface area contributed by atoms with Crippen LogP contribution in [0.4, 0.5) is 9.41 Å². The standard InChI is InChI=1S/5FH.In/h5*1H;/q;;;;;+3/p-3. The van der Waals surface area contributed by atoms with Crippen molar-refractivity contribution in [2.24, 2.45) is 0 Å². The average Bonchev–Trinajstić information content (AvgIpc) is 0. The zero-order valence-electron chi connectivity index (χ0n) is 2.53. The first-order chi connectivity index (χ1) is 0. The zero-order valence-corrected chi connectivity index (χ0v) is 5.82. The van der Waals surface area contributed by atoms with Gasteiger partial charge in [-0.05, 0) is 0 Å². The Kier molecular flexibility index (Phi) is 51000. The minimum atomic E-state index is 0. The van der Waals surface area contributed by atoms with Gasteiger partial charge in [0.15, 0.2) is 0 Å². The van der Waals surface area contributed by atoms with Gasteiger partial charge in [0.1, 0.15) is 0 Å². The van der Waals surface area contributed by atoms with E-state index in [0.717, 1.165) is 0 Å². The van der Waals surface area contributed by atoms with E-state index in [1.54, 1.807) is 0 Å². The molecule has 0 radical (unpaired) electrons. The van der Waals surface area contributed by atoms with Crippen LogP contribution in [0.3, 0.4) is 0 Å². The molecule has 6 heteroatoms. The molecule has 0 atom stereocenters. The summed E-state index contributed by atoms with van der Waals surface area (Å²) in [7, 11) is 0. The second-order valence-corrected chi connectivity index (χ2v) is 0. The molecule has 0 aliphatic heterocycles. The van der Waals surface area contributed by atoms with Gasteiger partial charge in [-0.1, -0.05) is 0 Å². The summed E-state index contributed by atoms with van der Waals surface area (Å²) in [6, 6.07) is 0. The summed E-state index contributed by atoms with van der Waals surface area (Å²) < 4.78 is 0. The Balaban J connectivity index is 0. The van der Waals surface area contributed by atoms with E-state index in [1.807, 2.05) is 0 Å². The second kappa shape index (κ2) is 417. The van der Waals surface area contributed by atoms with Crippen molar-refractivity contribution in [1.82, 2.24) is 0 Å². The quantitative estimate of drug-likeness (QED) is 0.350. The summed E-state index contributed by atoms with van der Waals surface area (Å²) >= 11 is 0. The SMILES string of the molecule is F.F.[F-].[F-].[F-].[In+3]. The fraction of sp³-hybridized carbons (Fsp3) is 0. The van der Waals surface area contributed by atoms with Crippen LogP contribution < -0.4 is 14.1 Å². The molecule has 6 heavy (non-hydrogen) atoms. The van der Waals surface area contributed by atoms with Gasteiger partial charge in [0, 0.05) is 0 Å². The number of rotatable bonds is 0. The van der Waals surface area contributed by atoms with Crippen LogP contribution in [0.25, 0.3) is 0 Å². The molecular weight excluding hydrogens is 210 g/mol. The Morgan fingerprint density at radius 1 is 0.500 bits per heavy atom. The van der Waals surface area contributed by atoms with Gasteiger partial charge < -0.3 is 14.1 Å². The smallest absolute Gasteiger partial charge is 1.00 e. The van der Waals surface area contributed by atoms with E-state index in [9.17, 15) is 0 Å². The molecule has 0 bridgehead atoms. The Hall–Kier alpha value is 0.520. The van der Waals surface area contributed by atoms with Gasteiger partial charge in [-0.2, -0.15) is 0 Å². The van der Waals surface area contributed by atoms with Gasteiger partial charge in [-0.25, -0.2) is 0 Å². The third-order valence-electron chi connectivity index (χ3n) is 0. The summed E-state index contributed by atoms with van der Waals surface area (Å²) in [5, 5.41) is 0. The first kappa shape index (κ1) is 734. The van der Waals surface area contributed by atoms with Crippen LogP contribution in [-0.4, -0.2) is 25.8 Å². The van der Waals surface area contributed by atoms with Gasteiger partial charge in [0.25, 0.3) is 0 Å². The number of hydrogen-bond donors (Lipinski definition) is 0. The summed E-state index contributed by atoms with van der Waals surface area (Å²) in [5.74, 6) is 0. The molecule has 0 nitrogen and oxygen atoms in total. The van der Waals surface area contributed by atoms with Crippen molar-refractivity contribution in [1.29, 1.82) is 0 Å². The zero-order chi connectivity index (χ0) is 0. The van der Waals surface area contributed by atoms with Crippen molar-refractivity contribution in [2.75, 3.05) is 0 Å². The molecule has 0 amide bonds. The van der Waals surface area contributed by atoms with E-state index in [2.05, 4.69) is 0 Å². The number of hydrogen-bond acceptors (Lipinski definition) is 0. The molecule has 0 spiro atoms. The van der Waals surface area contributed by atoms with E-state index in [4.69, 9.17) is 0 Å². The molecule has 40 valence electrons. The number of halogens is 5. The fourth-order valence-electron chi connectivity index (χ4n) is 0. The maximum Gasteiger partial charge on any atom is 3.00 e. The van der Waals surface area contributed by atoms with Gasteiger partial charge in [-0.15, -0.1) is 0 Å². The summed E-state index contributed by atoms with van der Waals surface area (Å²) in [4.78, 5) is 0. The van der Waals surface area contributed by atoms with Crippen LogP contribution in [0.1, 0.15) is 0 Å². The van der Waals surface area contributed by atoms with E-state index >= 15 is 0 Å². The van der Waals surface area contributed by atoms with Crippen LogP contribution in [0.5, 0.6) is 0 Å². The molecule has 0 aromatic heterocycles. The Morgan fingerprint density at radius 3 is 0.500 bits per heavy atom. The second-order valence-electron chi connectivity index (χ2n) is 0. The molecular formula is H2F5In. The van der Waals surface area contributed by atoms with Gasteiger partial charge >= 0.3 is 25.8 Å². The van der Waals surface area contributed by atoms with Gasteiger partial charge in [0.05, 0.1) is 0 Å². The van der Waals surface area contributed by atoms with Crippen molar-refractivity contribution in [3.63, 3.8) is 0 Å². The monoisotopic (exact) mass is 212 g/mol. The van der Waals surface area contributed by atoms with Crippen molar-refractivity contribution < 1.29 is 23.5 Å². The molecule has 0 fully saturated rings. The molecule has 0 saturated heterocycles. The minimum absolute atomic E-state index is 0. The average molecular weight is 212 g/mol. The van der Waals surface area contributed by atoms with E-state index in [-0.39, 0.29) is 49.4 Å². The first-order valence-corrected chi connectivity index (χ1v) is 0. The Bertz CT molecular complexity index is 3.90. The molecule has 0 aromatic carbocycles. The summed E-state index contributed by atoms with van der Waals surface area (Å²) in [6.45, 7) is 0. The van der Waals surface area contributed by atoms with Crippen LogP contribution in [0, 0.1) is 0 Å². The third kappa shape index (κ3) is 207. The van der Waals surface area contributed by atoms with Crippen LogP contribution >= 0.6 is 0 Å². The molecule has 0 N–H and O–H groups in total. The van der Waals surface area contributed by atoms with Crippen LogP contribution in [-0.2, 0) is 0 Å². The molecule has 0 unspecified atom stereocenters. The molecule has 0 heterocycles. The van der Waals surface area contributed by atoms with Crippen LogP contribution in [0.15, 0.2) is 0 Å². The predicted molar refractivity (Wildman–Crippen MR) is 10.8 cm³/mol. The third-order valence-corrected chi connectivity index (χ3v) is 0. The van der Waals surface area contributed by atoms with E-state index < -0.39 is 0 Å². The largest absolute Gasteiger partial charge is 3.00 e. The maximum absolute atomic E-state index is 0. The topological polar surface area (TPSA) is 0 Å². The Morgan fingerprint density at radius 2 is 0.500 bits per heavy atom. The molecule has 0 saturated carbocycles. The summed E-state index contributed by atoms with van der Waals surface area (Å²) in [6.07, 6.45) is 0. The van der Waals surface area contributed by atoms with Gasteiger partial charge in [0.2, 0.25) is 0 Å². The Labute approximate surface area is 49.9 Å². The van der Waals surface area contributed by atoms with Crippen molar-refractivity contribution >= 4 is 25.8 Å².